The second kappa shape index (κ2) is 5.51. The highest BCUT2D eigenvalue weighted by atomic mass is 16.4. The highest BCUT2D eigenvalue weighted by molar-refractivity contribution is 5.83. The Kier molecular flexibility index (Phi) is 3.70. The Morgan fingerprint density at radius 1 is 1.19 bits per heavy atom. The van der Waals surface area contributed by atoms with Crippen molar-refractivity contribution >= 4 is 11.9 Å². The minimum absolute atomic E-state index is 0.0318. The van der Waals surface area contributed by atoms with Crippen molar-refractivity contribution in [3.05, 3.63) is 35.9 Å². The van der Waals surface area contributed by atoms with Crippen molar-refractivity contribution in [2.75, 3.05) is 6.54 Å². The fourth-order valence-corrected chi connectivity index (χ4v) is 3.47. The third kappa shape index (κ3) is 2.80. The SMILES string of the molecule is CC1CC(C(=O)O)CCN1C(=O)C1CC1c1ccccc1. The number of carbonyl (C=O) groups excluding carboxylic acids is 1. The smallest absolute Gasteiger partial charge is 0.306 e. The average Bonchev–Trinajstić information content (AvgIpc) is 3.28. The van der Waals surface area contributed by atoms with Gasteiger partial charge in [-0.3, -0.25) is 9.59 Å². The van der Waals surface area contributed by atoms with E-state index in [1.54, 1.807) is 0 Å². The molecule has 1 saturated carbocycles. The minimum atomic E-state index is -0.734. The number of nitrogens with zero attached hydrogens (tertiary/aromatic N) is 1. The maximum atomic E-state index is 12.6. The fraction of sp³-hybridized carbons (Fsp3) is 0.529. The second-order valence-electron chi connectivity index (χ2n) is 6.30. The van der Waals surface area contributed by atoms with Crippen molar-refractivity contribution in [1.29, 1.82) is 0 Å². The first-order chi connectivity index (χ1) is 10.1. The first-order valence-corrected chi connectivity index (χ1v) is 7.66. The van der Waals surface area contributed by atoms with Crippen LogP contribution in [0.1, 0.15) is 37.7 Å². The largest absolute Gasteiger partial charge is 0.481 e. The summed E-state index contributed by atoms with van der Waals surface area (Å²) in [7, 11) is 0. The Labute approximate surface area is 124 Å². The molecule has 1 heterocycles. The molecule has 1 aromatic rings. The number of carboxylic acid groups (broad SMARTS) is 1. The van der Waals surface area contributed by atoms with Gasteiger partial charge in [0.25, 0.3) is 0 Å². The lowest BCUT2D eigenvalue weighted by Crippen LogP contribution is -2.46. The van der Waals surface area contributed by atoms with Gasteiger partial charge in [0.2, 0.25) is 5.91 Å². The van der Waals surface area contributed by atoms with Gasteiger partial charge in [0, 0.05) is 18.5 Å². The van der Waals surface area contributed by atoms with E-state index in [4.69, 9.17) is 5.11 Å². The van der Waals surface area contributed by atoms with Crippen molar-refractivity contribution < 1.29 is 14.7 Å². The molecule has 3 rings (SSSR count). The van der Waals surface area contributed by atoms with E-state index in [1.165, 1.54) is 5.56 Å². The summed E-state index contributed by atoms with van der Waals surface area (Å²) in [5, 5.41) is 9.09. The predicted molar refractivity (Wildman–Crippen MR) is 78.8 cm³/mol. The lowest BCUT2D eigenvalue weighted by molar-refractivity contribution is -0.147. The summed E-state index contributed by atoms with van der Waals surface area (Å²) in [5.74, 6) is -0.379. The number of carbonyl (C=O) groups is 2. The molecule has 0 aromatic heterocycles. The molecule has 1 amide bonds. The summed E-state index contributed by atoms with van der Waals surface area (Å²) in [6.45, 7) is 2.54. The third-order valence-electron chi connectivity index (χ3n) is 4.84. The molecule has 1 aromatic carbocycles. The van der Waals surface area contributed by atoms with E-state index in [-0.39, 0.29) is 23.8 Å². The second-order valence-corrected chi connectivity index (χ2v) is 6.30. The highest BCUT2D eigenvalue weighted by Crippen LogP contribution is 2.49. The molecule has 1 N–H and O–H groups in total. The summed E-state index contributed by atoms with van der Waals surface area (Å²) in [5.41, 5.74) is 1.24. The van der Waals surface area contributed by atoms with Gasteiger partial charge in [-0.15, -0.1) is 0 Å². The molecule has 4 heteroatoms. The molecular weight excluding hydrogens is 266 g/mol. The Balaban J connectivity index is 1.61. The summed E-state index contributed by atoms with van der Waals surface area (Å²) in [6, 6.07) is 10.2. The van der Waals surface area contributed by atoms with Crippen molar-refractivity contribution in [3.8, 4) is 0 Å². The predicted octanol–water partition coefficient (Wildman–Crippen LogP) is 2.50. The number of benzene rings is 1. The molecule has 112 valence electrons. The number of piperidine rings is 1. The van der Waals surface area contributed by atoms with Gasteiger partial charge in [0.1, 0.15) is 0 Å². The number of rotatable bonds is 3. The van der Waals surface area contributed by atoms with Crippen LogP contribution >= 0.6 is 0 Å². The number of hydrogen-bond acceptors (Lipinski definition) is 2. The van der Waals surface area contributed by atoms with Crippen LogP contribution in [0, 0.1) is 11.8 Å². The molecule has 1 saturated heterocycles. The fourth-order valence-electron chi connectivity index (χ4n) is 3.47. The molecule has 0 bridgehead atoms. The molecule has 4 atom stereocenters. The van der Waals surface area contributed by atoms with Gasteiger partial charge >= 0.3 is 5.97 Å². The van der Waals surface area contributed by atoms with E-state index in [0.717, 1.165) is 6.42 Å². The molecule has 1 aliphatic heterocycles. The maximum Gasteiger partial charge on any atom is 0.306 e. The van der Waals surface area contributed by atoms with Crippen molar-refractivity contribution in [1.82, 2.24) is 4.90 Å². The summed E-state index contributed by atoms with van der Waals surface area (Å²) >= 11 is 0. The van der Waals surface area contributed by atoms with Crippen LogP contribution in [-0.2, 0) is 9.59 Å². The normalized spacial score (nSPS) is 31.8. The lowest BCUT2D eigenvalue weighted by atomic mass is 9.91. The van der Waals surface area contributed by atoms with Crippen molar-refractivity contribution in [2.45, 2.75) is 38.1 Å². The Morgan fingerprint density at radius 2 is 1.90 bits per heavy atom. The van der Waals surface area contributed by atoms with Crippen LogP contribution in [0.15, 0.2) is 30.3 Å². The first kappa shape index (κ1) is 14.1. The minimum Gasteiger partial charge on any atom is -0.481 e. The summed E-state index contributed by atoms with van der Waals surface area (Å²) in [6.07, 6.45) is 2.08. The zero-order chi connectivity index (χ0) is 15.0. The van der Waals surface area contributed by atoms with E-state index in [9.17, 15) is 9.59 Å². The average molecular weight is 287 g/mol. The monoisotopic (exact) mass is 287 g/mol. The van der Waals surface area contributed by atoms with E-state index in [1.807, 2.05) is 30.0 Å². The van der Waals surface area contributed by atoms with Crippen LogP contribution in [0.4, 0.5) is 0 Å². The highest BCUT2D eigenvalue weighted by Gasteiger charge is 2.47. The van der Waals surface area contributed by atoms with E-state index >= 15 is 0 Å². The number of likely N-dealkylation sites (tertiary alicyclic amines) is 1. The Hall–Kier alpha value is -1.84. The maximum absolute atomic E-state index is 12.6. The van der Waals surface area contributed by atoms with E-state index in [0.29, 0.717) is 25.3 Å². The van der Waals surface area contributed by atoms with Crippen LogP contribution < -0.4 is 0 Å². The standard InChI is InChI=1S/C17H21NO3/c1-11-9-13(17(20)21)7-8-18(11)16(19)15-10-14(15)12-5-3-2-4-6-12/h2-6,11,13-15H,7-10H2,1H3,(H,20,21). The first-order valence-electron chi connectivity index (χ1n) is 7.66. The number of carboxylic acids is 1. The molecule has 2 aliphatic rings. The van der Waals surface area contributed by atoms with Crippen LogP contribution in [0.5, 0.6) is 0 Å². The molecule has 0 radical (unpaired) electrons. The zero-order valence-electron chi connectivity index (χ0n) is 12.2. The van der Waals surface area contributed by atoms with Crippen LogP contribution in [0.3, 0.4) is 0 Å². The number of hydrogen-bond donors (Lipinski definition) is 1. The van der Waals surface area contributed by atoms with Crippen LogP contribution in [-0.4, -0.2) is 34.5 Å². The Bertz CT molecular complexity index is 542. The molecule has 21 heavy (non-hydrogen) atoms. The third-order valence-corrected chi connectivity index (χ3v) is 4.84. The van der Waals surface area contributed by atoms with E-state index < -0.39 is 5.97 Å². The van der Waals surface area contributed by atoms with Gasteiger partial charge in [-0.25, -0.2) is 0 Å². The zero-order valence-corrected chi connectivity index (χ0v) is 12.2. The van der Waals surface area contributed by atoms with Gasteiger partial charge in [-0.1, -0.05) is 30.3 Å². The van der Waals surface area contributed by atoms with Gasteiger partial charge in [-0.05, 0) is 37.7 Å². The molecule has 2 fully saturated rings. The van der Waals surface area contributed by atoms with Gasteiger partial charge in [0.15, 0.2) is 0 Å². The summed E-state index contributed by atoms with van der Waals surface area (Å²) < 4.78 is 0. The molecule has 4 unspecified atom stereocenters. The van der Waals surface area contributed by atoms with E-state index in [2.05, 4.69) is 12.1 Å². The molecular formula is C17H21NO3. The quantitative estimate of drug-likeness (QED) is 0.929. The number of amides is 1. The molecule has 1 aliphatic carbocycles. The van der Waals surface area contributed by atoms with Crippen molar-refractivity contribution in [2.24, 2.45) is 11.8 Å². The van der Waals surface area contributed by atoms with Gasteiger partial charge in [0.05, 0.1) is 5.92 Å². The van der Waals surface area contributed by atoms with Gasteiger partial charge in [-0.2, -0.15) is 0 Å². The molecule has 4 nitrogen and oxygen atoms in total. The lowest BCUT2D eigenvalue weighted by Gasteiger charge is -2.36. The summed E-state index contributed by atoms with van der Waals surface area (Å²) in [4.78, 5) is 25.6. The molecule has 0 spiro atoms. The van der Waals surface area contributed by atoms with Crippen LogP contribution in [0.25, 0.3) is 0 Å². The van der Waals surface area contributed by atoms with Crippen molar-refractivity contribution in [3.63, 3.8) is 0 Å². The number of aliphatic carboxylic acids is 1. The van der Waals surface area contributed by atoms with Gasteiger partial charge < -0.3 is 10.0 Å². The topological polar surface area (TPSA) is 57.6 Å². The Morgan fingerprint density at radius 3 is 2.52 bits per heavy atom. The van der Waals surface area contributed by atoms with Crippen LogP contribution in [0.2, 0.25) is 0 Å².